The second-order valence-electron chi connectivity index (χ2n) is 8.25. The van der Waals surface area contributed by atoms with Gasteiger partial charge in [-0.05, 0) is 29.7 Å². The second-order valence-corrected chi connectivity index (χ2v) is 8.25. The fourth-order valence-corrected chi connectivity index (χ4v) is 5.42. The lowest BCUT2D eigenvalue weighted by Gasteiger charge is -2.40. The zero-order valence-electron chi connectivity index (χ0n) is 18.2. The van der Waals surface area contributed by atoms with Crippen LogP contribution in [-0.2, 0) is 11.2 Å². The molecule has 0 spiro atoms. The van der Waals surface area contributed by atoms with Gasteiger partial charge in [-0.1, -0.05) is 42.5 Å². The van der Waals surface area contributed by atoms with E-state index in [2.05, 4.69) is 0 Å². The van der Waals surface area contributed by atoms with Gasteiger partial charge in [-0.15, -0.1) is 0 Å². The predicted molar refractivity (Wildman–Crippen MR) is 119 cm³/mol. The summed E-state index contributed by atoms with van der Waals surface area (Å²) in [7, 11) is 4.70. The molecule has 0 bridgehead atoms. The van der Waals surface area contributed by atoms with Crippen LogP contribution in [0.25, 0.3) is 0 Å². The number of methoxy groups -OCH3 is 3. The van der Waals surface area contributed by atoms with Gasteiger partial charge in [0.25, 0.3) is 0 Å². The van der Waals surface area contributed by atoms with Gasteiger partial charge >= 0.3 is 0 Å². The van der Waals surface area contributed by atoms with Crippen molar-refractivity contribution in [3.05, 3.63) is 83.4 Å². The number of benzene rings is 3. The summed E-state index contributed by atoms with van der Waals surface area (Å²) >= 11 is 0. The largest absolute Gasteiger partial charge is 0.497 e. The molecule has 166 valence electrons. The summed E-state index contributed by atoms with van der Waals surface area (Å²) < 4.78 is 23.1. The Morgan fingerprint density at radius 1 is 0.875 bits per heavy atom. The molecule has 1 fully saturated rings. The fourth-order valence-electron chi connectivity index (χ4n) is 5.42. The summed E-state index contributed by atoms with van der Waals surface area (Å²) in [5, 5.41) is 23.7. The molecule has 1 heterocycles. The topological polar surface area (TPSA) is 77.4 Å². The molecule has 4 atom stereocenters. The predicted octanol–water partition coefficient (Wildman–Crippen LogP) is 3.74. The number of fused-ring (bicyclic) bond motifs is 3. The van der Waals surface area contributed by atoms with Crippen LogP contribution in [0.4, 0.5) is 0 Å². The normalized spacial score (nSPS) is 27.9. The first kappa shape index (κ1) is 20.7. The van der Waals surface area contributed by atoms with Crippen molar-refractivity contribution in [2.75, 3.05) is 21.3 Å². The quantitative estimate of drug-likeness (QED) is 0.637. The lowest BCUT2D eigenvalue weighted by Crippen LogP contribution is -2.52. The molecule has 2 N–H and O–H groups in total. The van der Waals surface area contributed by atoms with E-state index in [4.69, 9.17) is 18.9 Å². The van der Waals surface area contributed by atoms with Crippen molar-refractivity contribution < 1.29 is 29.2 Å². The highest BCUT2D eigenvalue weighted by molar-refractivity contribution is 5.62. The Kier molecular flexibility index (Phi) is 4.80. The molecular formula is C26H26O6. The van der Waals surface area contributed by atoms with Crippen molar-refractivity contribution in [1.29, 1.82) is 0 Å². The summed E-state index contributed by atoms with van der Waals surface area (Å²) in [5.41, 5.74) is -0.875. The first-order valence-corrected chi connectivity index (χ1v) is 10.5. The smallest absolute Gasteiger partial charge is 0.176 e. The van der Waals surface area contributed by atoms with E-state index < -0.39 is 17.3 Å². The number of hydrogen-bond acceptors (Lipinski definition) is 6. The number of ether oxygens (including phenoxy) is 4. The SMILES string of the molecule is COc1ccc([C@@]23Oc4cc(OC)cc(OC)c4[C@]2(O)C(O)CC3c2ccccc2)cc1. The molecular weight excluding hydrogens is 408 g/mol. The molecule has 2 aliphatic rings. The maximum Gasteiger partial charge on any atom is 0.176 e. The molecule has 2 unspecified atom stereocenters. The van der Waals surface area contributed by atoms with Crippen molar-refractivity contribution in [3.8, 4) is 23.0 Å². The van der Waals surface area contributed by atoms with Crippen molar-refractivity contribution in [2.45, 2.75) is 29.6 Å². The Balaban J connectivity index is 1.80. The van der Waals surface area contributed by atoms with Crippen LogP contribution in [0.1, 0.15) is 29.0 Å². The van der Waals surface area contributed by atoms with Gasteiger partial charge in [0, 0.05) is 18.1 Å². The summed E-state index contributed by atoms with van der Waals surface area (Å²) in [6.07, 6.45) is -0.764. The van der Waals surface area contributed by atoms with E-state index in [1.165, 1.54) is 7.11 Å². The van der Waals surface area contributed by atoms with E-state index in [-0.39, 0.29) is 5.92 Å². The maximum atomic E-state index is 12.4. The van der Waals surface area contributed by atoms with Gasteiger partial charge in [0.05, 0.1) is 33.0 Å². The van der Waals surface area contributed by atoms with E-state index in [9.17, 15) is 10.2 Å². The molecule has 1 aliphatic heterocycles. The average Bonchev–Trinajstić information content (AvgIpc) is 3.24. The van der Waals surface area contributed by atoms with Crippen LogP contribution >= 0.6 is 0 Å². The second kappa shape index (κ2) is 7.43. The highest BCUT2D eigenvalue weighted by Gasteiger charge is 2.73. The minimum absolute atomic E-state index is 0.319. The molecule has 5 rings (SSSR count). The van der Waals surface area contributed by atoms with Gasteiger partial charge in [-0.25, -0.2) is 0 Å². The minimum Gasteiger partial charge on any atom is -0.497 e. The van der Waals surface area contributed by atoms with E-state index in [1.54, 1.807) is 26.4 Å². The van der Waals surface area contributed by atoms with Crippen molar-refractivity contribution in [2.24, 2.45) is 0 Å². The fraction of sp³-hybridized carbons (Fsp3) is 0.308. The van der Waals surface area contributed by atoms with Gasteiger partial charge in [0.2, 0.25) is 0 Å². The molecule has 0 saturated heterocycles. The number of rotatable bonds is 5. The molecule has 1 saturated carbocycles. The molecule has 6 nitrogen and oxygen atoms in total. The number of aliphatic hydroxyl groups is 2. The van der Waals surface area contributed by atoms with Gasteiger partial charge in [0.15, 0.2) is 11.2 Å². The molecule has 0 aromatic heterocycles. The molecule has 0 amide bonds. The third-order valence-electron chi connectivity index (χ3n) is 6.87. The monoisotopic (exact) mass is 434 g/mol. The molecule has 1 aliphatic carbocycles. The third kappa shape index (κ3) is 2.60. The molecule has 0 radical (unpaired) electrons. The van der Waals surface area contributed by atoms with Gasteiger partial charge in [-0.2, -0.15) is 0 Å². The zero-order chi connectivity index (χ0) is 22.5. The summed E-state index contributed by atoms with van der Waals surface area (Å²) in [6.45, 7) is 0. The van der Waals surface area contributed by atoms with Crippen LogP contribution in [0, 0.1) is 0 Å². The van der Waals surface area contributed by atoms with Crippen LogP contribution in [0.3, 0.4) is 0 Å². The van der Waals surface area contributed by atoms with E-state index in [1.807, 2.05) is 54.6 Å². The zero-order valence-corrected chi connectivity index (χ0v) is 18.2. The third-order valence-corrected chi connectivity index (χ3v) is 6.87. The highest BCUT2D eigenvalue weighted by atomic mass is 16.5. The first-order chi connectivity index (χ1) is 15.5. The van der Waals surface area contributed by atoms with Gasteiger partial charge < -0.3 is 29.2 Å². The van der Waals surface area contributed by atoms with E-state index in [0.717, 1.165) is 11.1 Å². The Bertz CT molecular complexity index is 1130. The standard InChI is InChI=1S/C26H26O6/c1-29-18-11-9-17(10-12-18)26-20(16-7-5-4-6-8-16)15-23(27)25(26,28)24-21(31-3)13-19(30-2)14-22(24)32-26/h4-14,20,23,27-28H,15H2,1-3H3/t20?,23?,25-,26+/m1/s1. The molecule has 3 aromatic rings. The lowest BCUT2D eigenvalue weighted by molar-refractivity contribution is -0.150. The minimum atomic E-state index is -1.74. The molecule has 6 heteroatoms. The molecule has 3 aromatic carbocycles. The summed E-state index contributed by atoms with van der Waals surface area (Å²) in [5.74, 6) is 1.75. The van der Waals surface area contributed by atoms with Crippen molar-refractivity contribution >= 4 is 0 Å². The maximum absolute atomic E-state index is 12.4. The van der Waals surface area contributed by atoms with Crippen molar-refractivity contribution in [1.82, 2.24) is 0 Å². The van der Waals surface area contributed by atoms with Gasteiger partial charge in [0.1, 0.15) is 23.0 Å². The molecule has 32 heavy (non-hydrogen) atoms. The summed E-state index contributed by atoms with van der Waals surface area (Å²) in [4.78, 5) is 0. The van der Waals surface area contributed by atoms with Crippen LogP contribution in [0.5, 0.6) is 23.0 Å². The number of aliphatic hydroxyl groups excluding tert-OH is 1. The van der Waals surface area contributed by atoms with Crippen LogP contribution in [0.15, 0.2) is 66.7 Å². The summed E-state index contributed by atoms with van der Waals surface area (Å²) in [6, 6.07) is 20.7. The highest BCUT2D eigenvalue weighted by Crippen LogP contribution is 2.68. The van der Waals surface area contributed by atoms with Crippen LogP contribution in [-0.4, -0.2) is 37.6 Å². The van der Waals surface area contributed by atoms with E-state index >= 15 is 0 Å². The Morgan fingerprint density at radius 2 is 1.56 bits per heavy atom. The lowest BCUT2D eigenvalue weighted by atomic mass is 9.71. The Labute approximate surface area is 186 Å². The Morgan fingerprint density at radius 3 is 2.19 bits per heavy atom. The van der Waals surface area contributed by atoms with Crippen LogP contribution < -0.4 is 18.9 Å². The van der Waals surface area contributed by atoms with Gasteiger partial charge in [-0.3, -0.25) is 0 Å². The Hall–Kier alpha value is -3.22. The number of hydrogen-bond donors (Lipinski definition) is 2. The van der Waals surface area contributed by atoms with Crippen LogP contribution in [0.2, 0.25) is 0 Å². The first-order valence-electron chi connectivity index (χ1n) is 10.5. The van der Waals surface area contributed by atoms with Crippen molar-refractivity contribution in [3.63, 3.8) is 0 Å². The van der Waals surface area contributed by atoms with E-state index in [0.29, 0.717) is 35.0 Å². The average molecular weight is 434 g/mol.